The van der Waals surface area contributed by atoms with Gasteiger partial charge in [-0.2, -0.15) is 0 Å². The Morgan fingerprint density at radius 3 is 2.87 bits per heavy atom. The molecule has 2 amide bonds. The molecule has 0 aromatic heterocycles. The number of urea groups is 1. The van der Waals surface area contributed by atoms with Gasteiger partial charge in [-0.1, -0.05) is 12.2 Å². The second-order valence-corrected chi connectivity index (χ2v) is 4.46. The topological polar surface area (TPSA) is 49.6 Å². The molecule has 86 valence electrons. The van der Waals surface area contributed by atoms with Gasteiger partial charge in [0.05, 0.1) is 4.99 Å². The Hall–Kier alpha value is -0.840. The number of thiocarbonyl (C=S) groups is 1. The minimum absolute atomic E-state index is 0.0819. The highest BCUT2D eigenvalue weighted by Gasteiger charge is 2.26. The molecular formula is C10H19N3OS. The summed E-state index contributed by atoms with van der Waals surface area (Å²) >= 11 is 4.98. The first-order valence-electron chi connectivity index (χ1n) is 5.35. The third-order valence-corrected chi connectivity index (χ3v) is 3.23. The summed E-state index contributed by atoms with van der Waals surface area (Å²) in [5, 5.41) is 0. The van der Waals surface area contributed by atoms with Crippen LogP contribution in [0.5, 0.6) is 0 Å². The molecule has 1 rings (SSSR count). The highest BCUT2D eigenvalue weighted by Crippen LogP contribution is 2.17. The number of nitrogens with zero attached hydrogens (tertiary/aromatic N) is 2. The summed E-state index contributed by atoms with van der Waals surface area (Å²) < 4.78 is 0. The maximum atomic E-state index is 11.9. The molecule has 0 radical (unpaired) electrons. The van der Waals surface area contributed by atoms with E-state index in [1.807, 2.05) is 18.9 Å². The predicted molar refractivity (Wildman–Crippen MR) is 64.8 cm³/mol. The van der Waals surface area contributed by atoms with Gasteiger partial charge in [0, 0.05) is 32.6 Å². The molecule has 1 fully saturated rings. The lowest BCUT2D eigenvalue weighted by molar-refractivity contribution is 0.148. The van der Waals surface area contributed by atoms with Crippen molar-refractivity contribution in [3.63, 3.8) is 0 Å². The van der Waals surface area contributed by atoms with E-state index in [0.29, 0.717) is 11.5 Å². The maximum Gasteiger partial charge on any atom is 0.319 e. The van der Waals surface area contributed by atoms with Gasteiger partial charge >= 0.3 is 6.03 Å². The summed E-state index contributed by atoms with van der Waals surface area (Å²) in [6.07, 6.45) is 2.00. The monoisotopic (exact) mass is 229 g/mol. The van der Waals surface area contributed by atoms with E-state index in [9.17, 15) is 4.79 Å². The Bertz CT molecular complexity index is 257. The highest BCUT2D eigenvalue weighted by atomic mass is 32.1. The zero-order chi connectivity index (χ0) is 11.4. The van der Waals surface area contributed by atoms with Gasteiger partial charge in [-0.3, -0.25) is 0 Å². The molecule has 1 atom stereocenters. The number of likely N-dealkylation sites (tertiary alicyclic amines) is 1. The van der Waals surface area contributed by atoms with Crippen molar-refractivity contribution in [3.8, 4) is 0 Å². The van der Waals surface area contributed by atoms with Gasteiger partial charge in [0.1, 0.15) is 0 Å². The smallest absolute Gasteiger partial charge is 0.319 e. The Balaban J connectivity index is 2.56. The van der Waals surface area contributed by atoms with E-state index in [1.54, 1.807) is 4.90 Å². The number of hydrogen-bond donors (Lipinski definition) is 1. The summed E-state index contributed by atoms with van der Waals surface area (Å²) in [6, 6.07) is 0.0819. The molecule has 2 N–H and O–H groups in total. The molecule has 1 saturated heterocycles. The molecule has 1 unspecified atom stereocenters. The number of piperidine rings is 1. The van der Waals surface area contributed by atoms with Crippen LogP contribution in [0.2, 0.25) is 0 Å². The van der Waals surface area contributed by atoms with Crippen molar-refractivity contribution in [3.05, 3.63) is 0 Å². The fourth-order valence-electron chi connectivity index (χ4n) is 1.76. The van der Waals surface area contributed by atoms with Gasteiger partial charge in [-0.05, 0) is 19.8 Å². The van der Waals surface area contributed by atoms with E-state index in [2.05, 4.69) is 0 Å². The lowest BCUT2D eigenvalue weighted by Gasteiger charge is -2.34. The molecule has 0 aliphatic carbocycles. The third-order valence-electron chi connectivity index (χ3n) is 2.90. The molecule has 0 aromatic rings. The van der Waals surface area contributed by atoms with E-state index < -0.39 is 0 Å². The Labute approximate surface area is 96.4 Å². The summed E-state index contributed by atoms with van der Waals surface area (Å²) in [5.41, 5.74) is 5.62. The van der Waals surface area contributed by atoms with Gasteiger partial charge < -0.3 is 15.5 Å². The normalized spacial score (nSPS) is 21.2. The maximum absolute atomic E-state index is 11.9. The zero-order valence-electron chi connectivity index (χ0n) is 9.40. The largest absolute Gasteiger partial charge is 0.393 e. The molecule has 0 spiro atoms. The SMILES string of the molecule is CCN(C)C(=O)N1CCCC(C(N)=S)C1. The molecule has 1 aliphatic heterocycles. The fourth-order valence-corrected chi connectivity index (χ4v) is 1.95. The summed E-state index contributed by atoms with van der Waals surface area (Å²) in [6.45, 7) is 4.20. The van der Waals surface area contributed by atoms with Crippen LogP contribution in [0.4, 0.5) is 4.79 Å². The lowest BCUT2D eigenvalue weighted by Crippen LogP contribution is -2.48. The molecule has 0 saturated carbocycles. The van der Waals surface area contributed by atoms with E-state index in [-0.39, 0.29) is 11.9 Å². The average Bonchev–Trinajstić information content (AvgIpc) is 2.27. The molecule has 4 nitrogen and oxygen atoms in total. The molecule has 0 bridgehead atoms. The van der Waals surface area contributed by atoms with Crippen LogP contribution >= 0.6 is 12.2 Å². The standard InChI is InChI=1S/C10H19N3OS/c1-3-12(2)10(14)13-6-4-5-8(7-13)9(11)15/h8H,3-7H2,1-2H3,(H2,11,15). The molecule has 15 heavy (non-hydrogen) atoms. The number of carbonyl (C=O) groups is 1. The second-order valence-electron chi connectivity index (χ2n) is 3.98. The Kier molecular flexibility index (Phi) is 4.32. The van der Waals surface area contributed by atoms with E-state index in [0.717, 1.165) is 25.9 Å². The van der Waals surface area contributed by atoms with Crippen LogP contribution in [-0.2, 0) is 0 Å². The summed E-state index contributed by atoms with van der Waals surface area (Å²) in [7, 11) is 1.81. The van der Waals surface area contributed by atoms with Gasteiger partial charge in [0.2, 0.25) is 0 Å². The van der Waals surface area contributed by atoms with Crippen LogP contribution in [0.15, 0.2) is 0 Å². The molecule has 5 heteroatoms. The summed E-state index contributed by atoms with van der Waals surface area (Å²) in [5.74, 6) is 0.197. The number of nitrogens with two attached hydrogens (primary N) is 1. The van der Waals surface area contributed by atoms with Crippen molar-refractivity contribution in [1.29, 1.82) is 0 Å². The minimum Gasteiger partial charge on any atom is -0.393 e. The lowest BCUT2D eigenvalue weighted by atomic mass is 9.98. The van der Waals surface area contributed by atoms with Crippen molar-refractivity contribution in [2.75, 3.05) is 26.7 Å². The van der Waals surface area contributed by atoms with Crippen LogP contribution in [0.3, 0.4) is 0 Å². The van der Waals surface area contributed by atoms with Crippen LogP contribution in [-0.4, -0.2) is 47.5 Å². The van der Waals surface area contributed by atoms with Gasteiger partial charge in [0.15, 0.2) is 0 Å². The minimum atomic E-state index is 0.0819. The Morgan fingerprint density at radius 2 is 2.33 bits per heavy atom. The fraction of sp³-hybridized carbons (Fsp3) is 0.800. The number of carbonyl (C=O) groups excluding carboxylic acids is 1. The van der Waals surface area contributed by atoms with E-state index in [1.165, 1.54) is 0 Å². The highest BCUT2D eigenvalue weighted by molar-refractivity contribution is 7.80. The van der Waals surface area contributed by atoms with Crippen molar-refractivity contribution in [1.82, 2.24) is 9.80 Å². The summed E-state index contributed by atoms with van der Waals surface area (Å²) in [4.78, 5) is 16.0. The molecule has 0 aromatic carbocycles. The molecule has 1 aliphatic rings. The first-order valence-corrected chi connectivity index (χ1v) is 5.76. The van der Waals surface area contributed by atoms with Crippen molar-refractivity contribution < 1.29 is 4.79 Å². The quantitative estimate of drug-likeness (QED) is 0.720. The van der Waals surface area contributed by atoms with E-state index >= 15 is 0 Å². The van der Waals surface area contributed by atoms with Crippen LogP contribution in [0.1, 0.15) is 19.8 Å². The second kappa shape index (κ2) is 5.30. The number of hydrogen-bond acceptors (Lipinski definition) is 2. The van der Waals surface area contributed by atoms with Crippen molar-refractivity contribution in [2.45, 2.75) is 19.8 Å². The first kappa shape index (κ1) is 12.2. The average molecular weight is 229 g/mol. The van der Waals surface area contributed by atoms with Crippen LogP contribution in [0.25, 0.3) is 0 Å². The van der Waals surface area contributed by atoms with Crippen LogP contribution in [0, 0.1) is 5.92 Å². The van der Waals surface area contributed by atoms with Gasteiger partial charge in [-0.15, -0.1) is 0 Å². The van der Waals surface area contributed by atoms with Crippen molar-refractivity contribution >= 4 is 23.2 Å². The first-order chi connectivity index (χ1) is 7.06. The zero-order valence-corrected chi connectivity index (χ0v) is 10.2. The van der Waals surface area contributed by atoms with Crippen LogP contribution < -0.4 is 5.73 Å². The number of rotatable bonds is 2. The Morgan fingerprint density at radius 1 is 1.67 bits per heavy atom. The third kappa shape index (κ3) is 3.06. The molecule has 1 heterocycles. The van der Waals surface area contributed by atoms with Gasteiger partial charge in [0.25, 0.3) is 0 Å². The van der Waals surface area contributed by atoms with E-state index in [4.69, 9.17) is 18.0 Å². The predicted octanol–water partition coefficient (Wildman–Crippen LogP) is 1.06. The van der Waals surface area contributed by atoms with Crippen molar-refractivity contribution in [2.24, 2.45) is 11.7 Å². The molecular weight excluding hydrogens is 210 g/mol. The van der Waals surface area contributed by atoms with Gasteiger partial charge in [-0.25, -0.2) is 4.79 Å². The number of amides is 2.